The van der Waals surface area contributed by atoms with Gasteiger partial charge in [-0.05, 0) is 43.6 Å². The van der Waals surface area contributed by atoms with E-state index in [0.717, 1.165) is 31.5 Å². The van der Waals surface area contributed by atoms with E-state index in [2.05, 4.69) is 10.6 Å². The molecule has 2 N–H and O–H groups in total. The molecule has 0 unspecified atom stereocenters. The number of nitrogens with one attached hydrogen (secondary N) is 2. The maximum absolute atomic E-state index is 13.0. The largest absolute Gasteiger partial charge is 0.378 e. The predicted molar refractivity (Wildman–Crippen MR) is 74.7 cm³/mol. The Bertz CT molecular complexity index is 434. The van der Waals surface area contributed by atoms with Crippen molar-refractivity contribution in [3.8, 4) is 0 Å². The third-order valence-electron chi connectivity index (χ3n) is 3.35. The summed E-state index contributed by atoms with van der Waals surface area (Å²) in [5, 5.41) is 6.03. The number of halogens is 1. The number of hydrogen-bond donors (Lipinski definition) is 2. The first-order chi connectivity index (χ1) is 9.74. The summed E-state index contributed by atoms with van der Waals surface area (Å²) in [6.45, 7) is 2.76. The minimum Gasteiger partial charge on any atom is -0.378 e. The molecule has 1 saturated heterocycles. The van der Waals surface area contributed by atoms with Crippen LogP contribution in [-0.4, -0.2) is 31.7 Å². The molecule has 1 aliphatic rings. The van der Waals surface area contributed by atoms with Crippen LogP contribution in [-0.2, 0) is 16.1 Å². The number of amides is 1. The standard InChI is InChI=1S/C15H21FN2O2/c16-13-3-1-2-12(10-13)11-18-15(19)6-9-20-14-4-7-17-8-5-14/h1-3,10,14,17H,4-9,11H2,(H,18,19). The molecule has 0 aromatic heterocycles. The Kier molecular flexibility index (Phi) is 5.95. The van der Waals surface area contributed by atoms with E-state index in [4.69, 9.17) is 4.74 Å². The Morgan fingerprint density at radius 2 is 2.20 bits per heavy atom. The summed E-state index contributed by atoms with van der Waals surface area (Å²) in [7, 11) is 0. The van der Waals surface area contributed by atoms with E-state index >= 15 is 0 Å². The van der Waals surface area contributed by atoms with Crippen LogP contribution in [0.2, 0.25) is 0 Å². The zero-order valence-corrected chi connectivity index (χ0v) is 11.5. The Morgan fingerprint density at radius 1 is 1.40 bits per heavy atom. The second kappa shape index (κ2) is 7.97. The van der Waals surface area contributed by atoms with E-state index in [0.29, 0.717) is 19.6 Å². The van der Waals surface area contributed by atoms with Crippen LogP contribution < -0.4 is 10.6 Å². The van der Waals surface area contributed by atoms with Gasteiger partial charge in [0.25, 0.3) is 0 Å². The number of piperidine rings is 1. The van der Waals surface area contributed by atoms with Crippen LogP contribution >= 0.6 is 0 Å². The van der Waals surface area contributed by atoms with Crippen molar-refractivity contribution in [2.75, 3.05) is 19.7 Å². The molecule has 0 spiro atoms. The van der Waals surface area contributed by atoms with Gasteiger partial charge in [0.2, 0.25) is 5.91 Å². The summed E-state index contributed by atoms with van der Waals surface area (Å²) in [6.07, 6.45) is 2.63. The molecule has 1 aromatic rings. The van der Waals surface area contributed by atoms with Crippen molar-refractivity contribution in [2.45, 2.75) is 31.9 Å². The van der Waals surface area contributed by atoms with Gasteiger partial charge >= 0.3 is 0 Å². The van der Waals surface area contributed by atoms with Crippen LogP contribution in [0, 0.1) is 5.82 Å². The average molecular weight is 280 g/mol. The molecule has 1 fully saturated rings. The highest BCUT2D eigenvalue weighted by atomic mass is 19.1. The van der Waals surface area contributed by atoms with Crippen molar-refractivity contribution in [1.82, 2.24) is 10.6 Å². The van der Waals surface area contributed by atoms with E-state index in [1.165, 1.54) is 12.1 Å². The highest BCUT2D eigenvalue weighted by Crippen LogP contribution is 2.07. The zero-order chi connectivity index (χ0) is 14.2. The van der Waals surface area contributed by atoms with Gasteiger partial charge in [0.15, 0.2) is 0 Å². The molecule has 5 heteroatoms. The molecular formula is C15H21FN2O2. The lowest BCUT2D eigenvalue weighted by atomic mass is 10.1. The molecule has 0 bridgehead atoms. The Labute approximate surface area is 118 Å². The molecule has 2 rings (SSSR count). The summed E-state index contributed by atoms with van der Waals surface area (Å²) >= 11 is 0. The summed E-state index contributed by atoms with van der Waals surface area (Å²) in [4.78, 5) is 11.6. The summed E-state index contributed by atoms with van der Waals surface area (Å²) in [5.41, 5.74) is 0.762. The maximum Gasteiger partial charge on any atom is 0.222 e. The van der Waals surface area contributed by atoms with E-state index in [9.17, 15) is 9.18 Å². The number of carbonyl (C=O) groups excluding carboxylic acids is 1. The number of carbonyl (C=O) groups is 1. The molecule has 1 aromatic carbocycles. The topological polar surface area (TPSA) is 50.4 Å². The summed E-state index contributed by atoms with van der Waals surface area (Å²) < 4.78 is 18.6. The highest BCUT2D eigenvalue weighted by molar-refractivity contribution is 5.75. The second-order valence-corrected chi connectivity index (χ2v) is 4.98. The summed E-state index contributed by atoms with van der Waals surface area (Å²) in [5.74, 6) is -0.353. The molecule has 1 aliphatic heterocycles. The number of benzene rings is 1. The van der Waals surface area contributed by atoms with Gasteiger partial charge in [-0.3, -0.25) is 4.79 Å². The average Bonchev–Trinajstić information content (AvgIpc) is 2.46. The normalized spacial score (nSPS) is 16.1. The molecule has 20 heavy (non-hydrogen) atoms. The van der Waals surface area contributed by atoms with E-state index in [1.54, 1.807) is 12.1 Å². The molecule has 4 nitrogen and oxygen atoms in total. The van der Waals surface area contributed by atoms with Crippen molar-refractivity contribution in [2.24, 2.45) is 0 Å². The van der Waals surface area contributed by atoms with Crippen LogP contribution in [0.25, 0.3) is 0 Å². The maximum atomic E-state index is 13.0. The fraction of sp³-hybridized carbons (Fsp3) is 0.533. The van der Waals surface area contributed by atoms with Crippen LogP contribution in [0.3, 0.4) is 0 Å². The molecule has 0 saturated carbocycles. The second-order valence-electron chi connectivity index (χ2n) is 4.98. The monoisotopic (exact) mass is 280 g/mol. The van der Waals surface area contributed by atoms with Gasteiger partial charge in [0.1, 0.15) is 5.82 Å². The Balaban J connectivity index is 1.60. The predicted octanol–water partition coefficient (Wildman–Crippen LogP) is 1.60. The molecule has 1 heterocycles. The number of rotatable bonds is 6. The van der Waals surface area contributed by atoms with Crippen molar-refractivity contribution in [1.29, 1.82) is 0 Å². The number of ether oxygens (including phenoxy) is 1. The molecule has 0 radical (unpaired) electrons. The molecule has 1 amide bonds. The number of hydrogen-bond acceptors (Lipinski definition) is 3. The third kappa shape index (κ3) is 5.27. The lowest BCUT2D eigenvalue weighted by molar-refractivity contribution is -0.122. The molecule has 110 valence electrons. The summed E-state index contributed by atoms with van der Waals surface area (Å²) in [6, 6.07) is 6.23. The van der Waals surface area contributed by atoms with Crippen molar-refractivity contribution >= 4 is 5.91 Å². The Hall–Kier alpha value is -1.46. The fourth-order valence-electron chi connectivity index (χ4n) is 2.22. The highest BCUT2D eigenvalue weighted by Gasteiger charge is 2.13. The molecule has 0 atom stereocenters. The van der Waals surface area contributed by atoms with Gasteiger partial charge in [-0.15, -0.1) is 0 Å². The first-order valence-corrected chi connectivity index (χ1v) is 7.07. The van der Waals surface area contributed by atoms with E-state index < -0.39 is 0 Å². The Morgan fingerprint density at radius 3 is 2.95 bits per heavy atom. The first-order valence-electron chi connectivity index (χ1n) is 7.07. The fourth-order valence-corrected chi connectivity index (χ4v) is 2.22. The van der Waals surface area contributed by atoms with E-state index in [1.807, 2.05) is 0 Å². The van der Waals surface area contributed by atoms with Gasteiger partial charge in [0.05, 0.1) is 12.7 Å². The van der Waals surface area contributed by atoms with E-state index in [-0.39, 0.29) is 17.8 Å². The van der Waals surface area contributed by atoms with Gasteiger partial charge in [-0.25, -0.2) is 4.39 Å². The minimum atomic E-state index is -0.286. The smallest absolute Gasteiger partial charge is 0.222 e. The lowest BCUT2D eigenvalue weighted by Gasteiger charge is -2.22. The molecular weight excluding hydrogens is 259 g/mol. The van der Waals surface area contributed by atoms with Crippen molar-refractivity contribution in [3.63, 3.8) is 0 Å². The lowest BCUT2D eigenvalue weighted by Crippen LogP contribution is -2.33. The van der Waals surface area contributed by atoms with Crippen LogP contribution in [0.1, 0.15) is 24.8 Å². The SMILES string of the molecule is O=C(CCOC1CCNCC1)NCc1cccc(F)c1. The quantitative estimate of drug-likeness (QED) is 0.832. The van der Waals surface area contributed by atoms with Gasteiger partial charge in [-0.2, -0.15) is 0 Å². The third-order valence-corrected chi connectivity index (χ3v) is 3.35. The minimum absolute atomic E-state index is 0.0665. The zero-order valence-electron chi connectivity index (χ0n) is 11.5. The van der Waals surface area contributed by atoms with Gasteiger partial charge in [-0.1, -0.05) is 12.1 Å². The van der Waals surface area contributed by atoms with Crippen LogP contribution in [0.4, 0.5) is 4.39 Å². The molecule has 0 aliphatic carbocycles. The van der Waals surface area contributed by atoms with Gasteiger partial charge < -0.3 is 15.4 Å². The first kappa shape index (κ1) is 14.9. The van der Waals surface area contributed by atoms with Crippen LogP contribution in [0.15, 0.2) is 24.3 Å². The van der Waals surface area contributed by atoms with Crippen LogP contribution in [0.5, 0.6) is 0 Å². The van der Waals surface area contributed by atoms with Crippen molar-refractivity contribution in [3.05, 3.63) is 35.6 Å². The van der Waals surface area contributed by atoms with Crippen molar-refractivity contribution < 1.29 is 13.9 Å². The van der Waals surface area contributed by atoms with Gasteiger partial charge in [0, 0.05) is 13.0 Å².